The number of hydrogen-bond donors (Lipinski definition) is 1. The van der Waals surface area contributed by atoms with Crippen molar-refractivity contribution in [1.29, 1.82) is 0 Å². The molecule has 4 rings (SSSR count). The molecule has 11 heteroatoms. The Kier molecular flexibility index (Phi) is 6.10. The quantitative estimate of drug-likeness (QED) is 0.556. The summed E-state index contributed by atoms with van der Waals surface area (Å²) in [6.45, 7) is 8.27. The third-order valence-corrected chi connectivity index (χ3v) is 8.39. The second-order valence-electron chi connectivity index (χ2n) is 9.16. The van der Waals surface area contributed by atoms with Gasteiger partial charge in [-0.3, -0.25) is 19.2 Å². The van der Waals surface area contributed by atoms with Crippen LogP contribution in [-0.2, 0) is 26.2 Å². The number of aromatic nitrogens is 2. The summed E-state index contributed by atoms with van der Waals surface area (Å²) in [5.41, 5.74) is 0.565. The number of hydrogen-bond acceptors (Lipinski definition) is 6. The highest BCUT2D eigenvalue weighted by Gasteiger charge is 2.45. The molecule has 35 heavy (non-hydrogen) atoms. The Morgan fingerprint density at radius 2 is 1.89 bits per heavy atom. The molecule has 1 atom stereocenters. The summed E-state index contributed by atoms with van der Waals surface area (Å²) in [6.07, 6.45) is 1.48. The number of amides is 2. The molecule has 186 valence electrons. The molecule has 0 unspecified atom stereocenters. The maximum absolute atomic E-state index is 13.8. The van der Waals surface area contributed by atoms with Gasteiger partial charge in [-0.15, -0.1) is 0 Å². The van der Waals surface area contributed by atoms with Gasteiger partial charge in [-0.05, 0) is 58.9 Å². The summed E-state index contributed by atoms with van der Waals surface area (Å²) in [5.74, 6) is -0.185. The van der Waals surface area contributed by atoms with Crippen LogP contribution in [0.2, 0.25) is 0 Å². The topological polar surface area (TPSA) is 118 Å². The first-order valence-electron chi connectivity index (χ1n) is 11.2. The molecule has 10 nitrogen and oxygen atoms in total. The molecule has 0 aliphatic carbocycles. The zero-order valence-electron chi connectivity index (χ0n) is 20.6. The number of aryl methyl sites for hydroxylation is 1. The zero-order valence-corrected chi connectivity index (χ0v) is 21.4. The van der Waals surface area contributed by atoms with Gasteiger partial charge in [0.15, 0.2) is 0 Å². The van der Waals surface area contributed by atoms with E-state index in [9.17, 15) is 18.0 Å². The molecule has 1 aromatic carbocycles. The van der Waals surface area contributed by atoms with E-state index >= 15 is 0 Å². The van der Waals surface area contributed by atoms with Crippen molar-refractivity contribution < 1.29 is 22.4 Å². The predicted molar refractivity (Wildman–Crippen MR) is 130 cm³/mol. The molecule has 0 bridgehead atoms. The van der Waals surface area contributed by atoms with Crippen LogP contribution in [0.5, 0.6) is 0 Å². The second kappa shape index (κ2) is 8.65. The van der Waals surface area contributed by atoms with Gasteiger partial charge < -0.3 is 9.73 Å². The lowest BCUT2D eigenvalue weighted by molar-refractivity contribution is -0.128. The number of anilines is 2. The Bertz CT molecular complexity index is 1390. The number of para-hydroxylation sites is 2. The number of fused-ring (bicyclic) bond motifs is 1. The predicted octanol–water partition coefficient (Wildman–Crippen LogP) is 3.24. The Morgan fingerprint density at radius 3 is 2.54 bits per heavy atom. The van der Waals surface area contributed by atoms with E-state index in [2.05, 4.69) is 10.4 Å². The van der Waals surface area contributed by atoms with Crippen LogP contribution in [0, 0.1) is 13.8 Å². The van der Waals surface area contributed by atoms with Crippen LogP contribution >= 0.6 is 0 Å². The van der Waals surface area contributed by atoms with E-state index in [1.165, 1.54) is 27.2 Å². The van der Waals surface area contributed by atoms with Crippen LogP contribution < -0.4 is 10.2 Å². The molecular formula is C24H29N5O5S. The fourth-order valence-electron chi connectivity index (χ4n) is 4.40. The van der Waals surface area contributed by atoms with Gasteiger partial charge >= 0.3 is 0 Å². The number of rotatable bonds is 6. The summed E-state index contributed by atoms with van der Waals surface area (Å²) in [4.78, 5) is 28.1. The van der Waals surface area contributed by atoms with E-state index in [4.69, 9.17) is 4.42 Å². The van der Waals surface area contributed by atoms with Gasteiger partial charge in [-0.2, -0.15) is 9.40 Å². The highest BCUT2D eigenvalue weighted by Crippen LogP contribution is 2.38. The number of sulfonamides is 1. The van der Waals surface area contributed by atoms with E-state index in [-0.39, 0.29) is 28.9 Å². The molecule has 2 aromatic heterocycles. The van der Waals surface area contributed by atoms with Gasteiger partial charge in [0.2, 0.25) is 15.9 Å². The number of carbonyl (C=O) groups is 2. The average Bonchev–Trinajstić information content (AvgIpc) is 3.40. The molecular weight excluding hydrogens is 470 g/mol. The first-order valence-corrected chi connectivity index (χ1v) is 12.6. The molecule has 0 spiro atoms. The molecule has 0 radical (unpaired) electrons. The lowest BCUT2D eigenvalue weighted by Crippen LogP contribution is -2.59. The largest absolute Gasteiger partial charge is 0.468 e. The molecule has 2 amide bonds. The number of nitrogens with zero attached hydrogens (tertiary/aromatic N) is 4. The Hall–Kier alpha value is -3.44. The minimum atomic E-state index is -3.92. The van der Waals surface area contributed by atoms with Gasteiger partial charge in [0.25, 0.3) is 5.91 Å². The normalized spacial score (nSPS) is 16.2. The van der Waals surface area contributed by atoms with Crippen LogP contribution in [0.15, 0.2) is 52.0 Å². The van der Waals surface area contributed by atoms with Crippen molar-refractivity contribution in [2.75, 3.05) is 17.3 Å². The van der Waals surface area contributed by atoms with Crippen LogP contribution in [-0.4, -0.2) is 46.9 Å². The van der Waals surface area contributed by atoms with Crippen LogP contribution in [0.25, 0.3) is 0 Å². The van der Waals surface area contributed by atoms with Gasteiger partial charge in [-0.25, -0.2) is 8.42 Å². The van der Waals surface area contributed by atoms with Crippen molar-refractivity contribution in [1.82, 2.24) is 14.1 Å². The Morgan fingerprint density at radius 1 is 1.20 bits per heavy atom. The molecule has 1 N–H and O–H groups in total. The van der Waals surface area contributed by atoms with Crippen molar-refractivity contribution in [3.05, 3.63) is 59.8 Å². The summed E-state index contributed by atoms with van der Waals surface area (Å²) >= 11 is 0. The van der Waals surface area contributed by atoms with Crippen LogP contribution in [0.3, 0.4) is 0 Å². The Labute approximate surface area is 204 Å². The molecule has 3 heterocycles. The lowest BCUT2D eigenvalue weighted by atomic mass is 9.95. The SMILES string of the molecule is Cc1nn([C@H](C)C(=O)N2c3ccccc3NC(=O)C2(C)C)c(C)c1S(=O)(=O)N(C)Cc1ccco1. The van der Waals surface area contributed by atoms with Crippen molar-refractivity contribution in [2.24, 2.45) is 0 Å². The molecule has 1 aliphatic heterocycles. The third-order valence-electron chi connectivity index (χ3n) is 6.34. The summed E-state index contributed by atoms with van der Waals surface area (Å²) in [7, 11) is -2.45. The van der Waals surface area contributed by atoms with E-state index in [0.717, 1.165) is 0 Å². The van der Waals surface area contributed by atoms with Gasteiger partial charge in [0, 0.05) is 7.05 Å². The molecule has 0 fully saturated rings. The zero-order chi connectivity index (χ0) is 25.7. The smallest absolute Gasteiger partial charge is 0.252 e. The van der Waals surface area contributed by atoms with Crippen molar-refractivity contribution >= 4 is 33.2 Å². The van der Waals surface area contributed by atoms with Crippen molar-refractivity contribution in [3.8, 4) is 0 Å². The van der Waals surface area contributed by atoms with E-state index in [1.54, 1.807) is 71.0 Å². The second-order valence-corrected chi connectivity index (χ2v) is 11.1. The Balaban J connectivity index is 1.71. The van der Waals surface area contributed by atoms with E-state index in [0.29, 0.717) is 22.8 Å². The summed E-state index contributed by atoms with van der Waals surface area (Å²) in [5, 5.41) is 7.27. The monoisotopic (exact) mass is 499 g/mol. The molecule has 1 aliphatic rings. The van der Waals surface area contributed by atoms with Gasteiger partial charge in [-0.1, -0.05) is 12.1 Å². The molecule has 0 saturated heterocycles. The fraction of sp³-hybridized carbons (Fsp3) is 0.375. The average molecular weight is 500 g/mol. The standard InChI is InChI=1S/C24H29N5O5S/c1-15-21(35(32,33)27(6)14-18-10-9-13-34-18)16(2)29(26-15)17(3)22(30)28-20-12-8-7-11-19(20)25-23(31)24(28,4)5/h7-13,17H,14H2,1-6H3,(H,25,31)/t17-/m1/s1. The minimum absolute atomic E-state index is 0.0438. The maximum Gasteiger partial charge on any atom is 0.252 e. The highest BCUT2D eigenvalue weighted by atomic mass is 32.2. The summed E-state index contributed by atoms with van der Waals surface area (Å²) < 4.78 is 34.7. The van der Waals surface area contributed by atoms with Crippen LogP contribution in [0.4, 0.5) is 11.4 Å². The highest BCUT2D eigenvalue weighted by molar-refractivity contribution is 7.89. The number of benzene rings is 1. The van der Waals surface area contributed by atoms with Gasteiger partial charge in [0.1, 0.15) is 22.2 Å². The lowest BCUT2D eigenvalue weighted by Gasteiger charge is -2.43. The van der Waals surface area contributed by atoms with Crippen molar-refractivity contribution in [3.63, 3.8) is 0 Å². The number of nitrogens with one attached hydrogen (secondary N) is 1. The first-order chi connectivity index (χ1) is 16.4. The number of carbonyl (C=O) groups excluding carboxylic acids is 2. The maximum atomic E-state index is 13.8. The van der Waals surface area contributed by atoms with E-state index < -0.39 is 21.6 Å². The van der Waals surface area contributed by atoms with Crippen LogP contribution in [0.1, 0.15) is 44.0 Å². The molecule has 0 saturated carbocycles. The van der Waals surface area contributed by atoms with E-state index in [1.807, 2.05) is 0 Å². The van der Waals surface area contributed by atoms with Gasteiger partial charge in [0.05, 0.1) is 35.6 Å². The van der Waals surface area contributed by atoms with Crippen molar-refractivity contribution in [2.45, 2.75) is 57.6 Å². The minimum Gasteiger partial charge on any atom is -0.468 e. The summed E-state index contributed by atoms with van der Waals surface area (Å²) in [6, 6.07) is 9.59. The fourth-order valence-corrected chi connectivity index (χ4v) is 5.89. The third kappa shape index (κ3) is 4.04. The number of furan rings is 1. The molecule has 3 aromatic rings. The first kappa shape index (κ1) is 24.7.